The van der Waals surface area contributed by atoms with Crippen LogP contribution in [0.15, 0.2) is 303 Å². The average molecular weight is 2340 g/mol. The van der Waals surface area contributed by atoms with Crippen LogP contribution in [0, 0.1) is 63.9 Å². The van der Waals surface area contributed by atoms with Gasteiger partial charge in [0.05, 0.1) is 22.6 Å². The molecule has 14 heteroatoms. The Morgan fingerprint density at radius 3 is 1.35 bits per heavy atom. The van der Waals surface area contributed by atoms with Crippen molar-refractivity contribution in [3.63, 3.8) is 0 Å². The van der Waals surface area contributed by atoms with Crippen LogP contribution in [0.25, 0.3) is 100 Å². The number of pyridine rings is 5. The maximum atomic E-state index is 10.0. The number of aliphatic hydroxyl groups excluding tert-OH is 2. The van der Waals surface area contributed by atoms with Crippen molar-refractivity contribution in [2.24, 2.45) is 5.92 Å². The molecule has 0 aliphatic heterocycles. The normalized spacial score (nSPS) is 10.3. The van der Waals surface area contributed by atoms with E-state index in [1.807, 2.05) is 140 Å². The largest absolute Gasteiger partial charge is 0.512 e. The summed E-state index contributed by atoms with van der Waals surface area (Å²) in [5.74, 6) is 1.05. The molecule has 0 amide bonds. The molecule has 0 unspecified atom stereocenters. The van der Waals surface area contributed by atoms with Crippen LogP contribution in [0.1, 0.15) is 94.7 Å². The van der Waals surface area contributed by atoms with E-state index in [1.54, 1.807) is 6.20 Å². The number of allylic oxidation sites excluding steroid dienone is 4. The van der Waals surface area contributed by atoms with Crippen molar-refractivity contribution in [2.45, 2.75) is 95.4 Å². The second-order valence-electron chi connectivity index (χ2n) is 26.0. The predicted molar refractivity (Wildman–Crippen MR) is 434 cm³/mol. The molecular formula is C96H90Ir5N5O4-5. The number of ketones is 2. The Bertz CT molecular complexity index is 5090. The summed E-state index contributed by atoms with van der Waals surface area (Å²) in [6, 6.07) is 105. The first kappa shape index (κ1) is 95.1. The van der Waals surface area contributed by atoms with Crippen molar-refractivity contribution in [1.82, 2.24) is 24.9 Å². The standard InChI is InChI=1S/C21H20N.C20H18N.2C17H14N.C11H8N.2C5H8O2.5Ir/c1-16(2)13-17-7-5-8-18(14-17)19-9-6-10-20(15-19)21-11-3-4-12-22-21;1-15(2)19-11-12-20(21-14-19)18-10-6-9-17(13-18)16-7-4-3-5-8-16;1-12-6-5-8-15(13(12)2)17-11-10-14-7-3-4-9-16(14)18-17;1-12-7-9-15(13(2)11-12)17-10-8-14-5-3-4-6-16(14)18-17;1-2-6-10(7-3-1)11-8-4-5-9-12-11;2*1-4(6)3-5(2)7;;;;;/h3-9,11-12,14-16H,13H2,1-2H3;3-9,11-15H,1-2H3;3-7,9-11H,1-2H3;3-8,10-11H,1-2H3;1-6,8-9H;2*3,6H,1-2H3;;;;;/q5*-1;;;;;;;. The summed E-state index contributed by atoms with van der Waals surface area (Å²) >= 11 is 0. The van der Waals surface area contributed by atoms with Gasteiger partial charge in [0.25, 0.3) is 0 Å². The van der Waals surface area contributed by atoms with Crippen molar-refractivity contribution >= 4 is 33.4 Å². The van der Waals surface area contributed by atoms with Gasteiger partial charge in [0, 0.05) is 131 Å². The summed E-state index contributed by atoms with van der Waals surface area (Å²) in [7, 11) is 0. The molecule has 0 saturated carbocycles. The topological polar surface area (TPSA) is 139 Å². The summed E-state index contributed by atoms with van der Waals surface area (Å²) in [6.45, 7) is 23.0. The van der Waals surface area contributed by atoms with Crippen molar-refractivity contribution in [3.05, 3.63) is 367 Å². The molecule has 5 radical (unpaired) electrons. The van der Waals surface area contributed by atoms with Gasteiger partial charge in [-0.05, 0) is 132 Å². The number of para-hydroxylation sites is 2. The summed E-state index contributed by atoms with van der Waals surface area (Å²) in [5.41, 5.74) is 24.8. The number of hydrogen-bond acceptors (Lipinski definition) is 9. The van der Waals surface area contributed by atoms with Crippen LogP contribution in [0.5, 0.6) is 0 Å². The van der Waals surface area contributed by atoms with Crippen molar-refractivity contribution in [2.75, 3.05) is 0 Å². The van der Waals surface area contributed by atoms with E-state index >= 15 is 0 Å². The van der Waals surface area contributed by atoms with Crippen LogP contribution in [0.2, 0.25) is 0 Å². The summed E-state index contributed by atoms with van der Waals surface area (Å²) in [6.07, 6.45) is 9.01. The quantitative estimate of drug-likeness (QED) is 0.0695. The summed E-state index contributed by atoms with van der Waals surface area (Å²) in [4.78, 5) is 42.7. The van der Waals surface area contributed by atoms with Gasteiger partial charge in [0.2, 0.25) is 0 Å². The van der Waals surface area contributed by atoms with Gasteiger partial charge in [-0.2, -0.15) is 0 Å². The zero-order valence-electron chi connectivity index (χ0n) is 63.7. The van der Waals surface area contributed by atoms with Gasteiger partial charge < -0.3 is 25.2 Å². The van der Waals surface area contributed by atoms with Crippen molar-refractivity contribution in [1.29, 1.82) is 0 Å². The van der Waals surface area contributed by atoms with Gasteiger partial charge >= 0.3 is 0 Å². The van der Waals surface area contributed by atoms with E-state index in [1.165, 1.54) is 106 Å². The number of aromatic nitrogens is 5. The number of aryl methyl sites for hydroxylation is 3. The molecule has 0 fully saturated rings. The first-order valence-corrected chi connectivity index (χ1v) is 35.1. The minimum Gasteiger partial charge on any atom is -0.512 e. The van der Waals surface area contributed by atoms with Gasteiger partial charge in [0.1, 0.15) is 0 Å². The molecular weight excluding hydrogens is 2250 g/mol. The van der Waals surface area contributed by atoms with Crippen LogP contribution in [0.4, 0.5) is 0 Å². The number of benzene rings is 9. The van der Waals surface area contributed by atoms with Gasteiger partial charge in [-0.15, -0.1) is 176 Å². The molecule has 110 heavy (non-hydrogen) atoms. The number of carbonyl (C=O) groups is 2. The average Bonchev–Trinajstić information content (AvgIpc) is 0.724. The number of fused-ring (bicyclic) bond motifs is 2. The van der Waals surface area contributed by atoms with Gasteiger partial charge in [0.15, 0.2) is 11.6 Å². The fourth-order valence-corrected chi connectivity index (χ4v) is 11.0. The third kappa shape index (κ3) is 31.4. The molecule has 0 saturated heterocycles. The molecule has 0 aliphatic rings. The molecule has 2 N–H and O–H groups in total. The van der Waals surface area contributed by atoms with Crippen molar-refractivity contribution < 1.29 is 120 Å². The van der Waals surface area contributed by atoms with E-state index < -0.39 is 0 Å². The zero-order chi connectivity index (χ0) is 75.0. The molecule has 5 heterocycles. The maximum Gasteiger partial charge on any atom is 0.155 e. The summed E-state index contributed by atoms with van der Waals surface area (Å²) < 4.78 is 0. The molecule has 0 atom stereocenters. The Hall–Kier alpha value is -9.08. The molecule has 0 spiro atoms. The van der Waals surface area contributed by atoms with Gasteiger partial charge in [-0.1, -0.05) is 207 Å². The molecule has 14 aromatic rings. The third-order valence-corrected chi connectivity index (χ3v) is 16.3. The molecule has 9 aromatic carbocycles. The number of aliphatic hydroxyl groups is 2. The van der Waals surface area contributed by atoms with Crippen LogP contribution in [0.3, 0.4) is 0 Å². The smallest absolute Gasteiger partial charge is 0.155 e. The molecule has 5 aromatic heterocycles. The third-order valence-electron chi connectivity index (χ3n) is 16.3. The molecule has 14 rings (SSSR count). The molecule has 0 aliphatic carbocycles. The number of nitrogens with zero attached hydrogens (tertiary/aromatic N) is 5. The minimum absolute atomic E-state index is 0. The van der Waals surface area contributed by atoms with E-state index in [0.29, 0.717) is 11.8 Å². The number of hydrogen-bond donors (Lipinski definition) is 2. The second-order valence-corrected chi connectivity index (χ2v) is 26.0. The van der Waals surface area contributed by atoms with Crippen LogP contribution in [-0.2, 0) is 117 Å². The number of rotatable bonds is 12. The molecule has 573 valence electrons. The Balaban J connectivity index is 0.000000340. The monoisotopic (exact) mass is 2340 g/mol. The number of carbonyl (C=O) groups excluding carboxylic acids is 2. The summed E-state index contributed by atoms with van der Waals surface area (Å²) in [5, 5.41) is 19.1. The van der Waals surface area contributed by atoms with Crippen molar-refractivity contribution in [3.8, 4) is 78.5 Å². The molecule has 9 nitrogen and oxygen atoms in total. The molecule has 0 bridgehead atoms. The second kappa shape index (κ2) is 49.9. The SMILES string of the molecule is CC(=O)C=C(C)O.CC(=O)C=C(C)O.CC(C)Cc1cccc(-c2cc[c-]c(-c3ccccn3)c2)c1.CC(C)c1ccc(-c2[c-]ccc(-c3ccccc3)c2)nc1.Cc1c[c-]c(-c2ccc3ccccc3n2)c(C)c1.Cc1cc[c-]c(-c2ccc3ccccc3n2)c1C.[Ir].[Ir].[Ir].[Ir].[Ir].[c-]1ccccc1-c1ccccn1. The zero-order valence-corrected chi connectivity index (χ0v) is 75.7. The first-order chi connectivity index (χ1) is 50.7. The Morgan fingerprint density at radius 2 is 0.873 bits per heavy atom. The van der Waals surface area contributed by atoms with E-state index in [2.05, 4.69) is 234 Å². The van der Waals surface area contributed by atoms with Crippen LogP contribution < -0.4 is 0 Å². The minimum atomic E-state index is -0.125. The first-order valence-electron chi connectivity index (χ1n) is 35.1. The Morgan fingerprint density at radius 1 is 0.400 bits per heavy atom. The van der Waals surface area contributed by atoms with Crippen LogP contribution in [-0.4, -0.2) is 46.7 Å². The van der Waals surface area contributed by atoms with E-state index in [9.17, 15) is 9.59 Å². The van der Waals surface area contributed by atoms with Gasteiger partial charge in [-0.3, -0.25) is 19.6 Å². The van der Waals surface area contributed by atoms with E-state index in [0.717, 1.165) is 73.7 Å². The van der Waals surface area contributed by atoms with E-state index in [4.69, 9.17) is 20.2 Å². The van der Waals surface area contributed by atoms with E-state index in [-0.39, 0.29) is 124 Å². The predicted octanol–water partition coefficient (Wildman–Crippen LogP) is 24.0. The fraction of sp³-hybridized carbons (Fsp3) is 0.156. The fourth-order valence-electron chi connectivity index (χ4n) is 11.0. The maximum absolute atomic E-state index is 10.0. The Labute approximate surface area is 718 Å². The van der Waals surface area contributed by atoms with Crippen LogP contribution >= 0.6 is 0 Å². The van der Waals surface area contributed by atoms with Gasteiger partial charge in [-0.25, -0.2) is 0 Å². The Kier molecular flexibility index (Phi) is 43.2.